The van der Waals surface area contributed by atoms with E-state index >= 15 is 0 Å². The van der Waals surface area contributed by atoms with E-state index in [2.05, 4.69) is 15.6 Å². The highest BCUT2D eigenvalue weighted by Crippen LogP contribution is 2.19. The summed E-state index contributed by atoms with van der Waals surface area (Å²) in [5.41, 5.74) is 3.65. The van der Waals surface area contributed by atoms with Gasteiger partial charge in [-0.2, -0.15) is 10.2 Å². The molecule has 0 aliphatic heterocycles. The van der Waals surface area contributed by atoms with Crippen molar-refractivity contribution in [2.45, 2.75) is 27.3 Å². The molecule has 0 saturated carbocycles. The maximum atomic E-state index is 12.7. The highest BCUT2D eigenvalue weighted by molar-refractivity contribution is 6.06. The van der Waals surface area contributed by atoms with Crippen LogP contribution in [-0.4, -0.2) is 26.3 Å². The molecule has 0 atom stereocenters. The number of aromatic nitrogens is 2. The van der Waals surface area contributed by atoms with Crippen molar-refractivity contribution in [1.82, 2.24) is 15.2 Å². The van der Waals surface area contributed by atoms with E-state index in [1.807, 2.05) is 0 Å². The van der Waals surface area contributed by atoms with Gasteiger partial charge in [0.25, 0.3) is 17.2 Å². The van der Waals surface area contributed by atoms with Crippen LogP contribution in [0.5, 0.6) is 0 Å². The van der Waals surface area contributed by atoms with Crippen LogP contribution in [0, 0.1) is 17.0 Å². The predicted octanol–water partition coefficient (Wildman–Crippen LogP) is 2.79. The van der Waals surface area contributed by atoms with Crippen molar-refractivity contribution in [3.8, 4) is 0 Å². The summed E-state index contributed by atoms with van der Waals surface area (Å²) >= 11 is 0. The van der Waals surface area contributed by atoms with Crippen molar-refractivity contribution < 1.29 is 9.72 Å². The molecule has 1 aromatic heterocycles. The molecule has 1 heterocycles. The monoisotopic (exact) mass is 393 g/mol. The molecule has 2 aromatic carbocycles. The van der Waals surface area contributed by atoms with Gasteiger partial charge in [-0.05, 0) is 26.8 Å². The van der Waals surface area contributed by atoms with E-state index in [0.717, 1.165) is 0 Å². The maximum absolute atomic E-state index is 12.7. The third-order valence-electron chi connectivity index (χ3n) is 4.53. The summed E-state index contributed by atoms with van der Waals surface area (Å²) in [6.07, 6.45) is 0. The second-order valence-corrected chi connectivity index (χ2v) is 6.41. The summed E-state index contributed by atoms with van der Waals surface area (Å²) in [6.45, 7) is 5.36. The maximum Gasteiger partial charge on any atom is 0.292 e. The molecule has 0 aliphatic carbocycles. The van der Waals surface area contributed by atoms with Gasteiger partial charge in [0.1, 0.15) is 0 Å². The second kappa shape index (κ2) is 8.01. The van der Waals surface area contributed by atoms with Gasteiger partial charge in [-0.15, -0.1) is 0 Å². The Bertz CT molecular complexity index is 1210. The SMILES string of the molecule is CCn1nc(C(=O)N/N=C(/C)c2ccc(C)c([N+](=O)[O-])c2)c2ccccc2c1=O. The Balaban J connectivity index is 1.95. The number of carbonyl (C=O) groups excluding carboxylic acids is 1. The first kappa shape index (κ1) is 19.9. The molecule has 3 aromatic rings. The lowest BCUT2D eigenvalue weighted by Crippen LogP contribution is -2.28. The number of nitrogens with one attached hydrogen (secondary N) is 1. The minimum absolute atomic E-state index is 0.0222. The molecule has 0 bridgehead atoms. The summed E-state index contributed by atoms with van der Waals surface area (Å²) in [6, 6.07) is 11.5. The molecular weight excluding hydrogens is 374 g/mol. The van der Waals surface area contributed by atoms with Crippen LogP contribution in [0.3, 0.4) is 0 Å². The first-order chi connectivity index (χ1) is 13.8. The molecule has 0 saturated heterocycles. The molecule has 0 fully saturated rings. The minimum Gasteiger partial charge on any atom is -0.267 e. The summed E-state index contributed by atoms with van der Waals surface area (Å²) in [5, 5.41) is 20.1. The molecule has 29 heavy (non-hydrogen) atoms. The topological polar surface area (TPSA) is 119 Å². The first-order valence-electron chi connectivity index (χ1n) is 8.93. The highest BCUT2D eigenvalue weighted by atomic mass is 16.6. The molecule has 0 aliphatic rings. The zero-order valence-electron chi connectivity index (χ0n) is 16.2. The molecule has 9 nitrogen and oxygen atoms in total. The molecule has 0 unspecified atom stereocenters. The number of nitro groups is 1. The molecule has 0 spiro atoms. The van der Waals surface area contributed by atoms with Gasteiger partial charge >= 0.3 is 0 Å². The van der Waals surface area contributed by atoms with Crippen LogP contribution in [0.15, 0.2) is 52.4 Å². The predicted molar refractivity (Wildman–Crippen MR) is 109 cm³/mol. The molecular formula is C20H19N5O4. The Morgan fingerprint density at radius 3 is 2.59 bits per heavy atom. The summed E-state index contributed by atoms with van der Waals surface area (Å²) in [4.78, 5) is 35.7. The van der Waals surface area contributed by atoms with Crippen molar-refractivity contribution in [2.75, 3.05) is 0 Å². The lowest BCUT2D eigenvalue weighted by Gasteiger charge is -2.09. The molecule has 3 rings (SSSR count). The number of benzene rings is 2. The third-order valence-corrected chi connectivity index (χ3v) is 4.53. The van der Waals surface area contributed by atoms with E-state index in [9.17, 15) is 19.7 Å². The van der Waals surface area contributed by atoms with E-state index < -0.39 is 10.8 Å². The number of amides is 1. The summed E-state index contributed by atoms with van der Waals surface area (Å²) in [7, 11) is 0. The van der Waals surface area contributed by atoms with E-state index in [0.29, 0.717) is 34.2 Å². The number of rotatable bonds is 5. The molecule has 9 heteroatoms. The summed E-state index contributed by atoms with van der Waals surface area (Å²) < 4.78 is 1.22. The van der Waals surface area contributed by atoms with Crippen molar-refractivity contribution in [3.05, 3.63) is 79.8 Å². The smallest absolute Gasteiger partial charge is 0.267 e. The van der Waals surface area contributed by atoms with Crippen molar-refractivity contribution in [3.63, 3.8) is 0 Å². The van der Waals surface area contributed by atoms with Gasteiger partial charge in [0.2, 0.25) is 0 Å². The number of hydrazone groups is 1. The fourth-order valence-electron chi connectivity index (χ4n) is 2.90. The van der Waals surface area contributed by atoms with Gasteiger partial charge in [-0.1, -0.05) is 30.3 Å². The fourth-order valence-corrected chi connectivity index (χ4v) is 2.90. The number of aryl methyl sites for hydroxylation is 2. The Morgan fingerprint density at radius 2 is 1.93 bits per heavy atom. The van der Waals surface area contributed by atoms with Crippen LogP contribution < -0.4 is 11.0 Å². The van der Waals surface area contributed by atoms with Gasteiger partial charge in [0.15, 0.2) is 5.69 Å². The third kappa shape index (κ3) is 3.88. The quantitative estimate of drug-likeness (QED) is 0.406. The number of carbonyl (C=O) groups is 1. The van der Waals surface area contributed by atoms with Gasteiger partial charge in [0, 0.05) is 29.1 Å². The van der Waals surface area contributed by atoms with Crippen molar-refractivity contribution >= 4 is 28.1 Å². The van der Waals surface area contributed by atoms with Gasteiger partial charge in [0.05, 0.1) is 16.0 Å². The van der Waals surface area contributed by atoms with Crippen molar-refractivity contribution in [1.29, 1.82) is 0 Å². The lowest BCUT2D eigenvalue weighted by molar-refractivity contribution is -0.385. The van der Waals surface area contributed by atoms with Crippen molar-refractivity contribution in [2.24, 2.45) is 5.10 Å². The summed E-state index contributed by atoms with van der Waals surface area (Å²) in [5.74, 6) is -0.579. The molecule has 1 N–H and O–H groups in total. The average molecular weight is 393 g/mol. The van der Waals surface area contributed by atoms with Gasteiger partial charge in [-0.3, -0.25) is 19.7 Å². The number of hydrogen-bond donors (Lipinski definition) is 1. The molecule has 0 radical (unpaired) electrons. The highest BCUT2D eigenvalue weighted by Gasteiger charge is 2.16. The van der Waals surface area contributed by atoms with E-state index in [1.165, 1.54) is 10.7 Å². The Labute approximate surface area is 165 Å². The largest absolute Gasteiger partial charge is 0.292 e. The van der Waals surface area contributed by atoms with Crippen LogP contribution in [0.4, 0.5) is 5.69 Å². The van der Waals surface area contributed by atoms with Gasteiger partial charge in [-0.25, -0.2) is 10.1 Å². The minimum atomic E-state index is -0.579. The first-order valence-corrected chi connectivity index (χ1v) is 8.93. The van der Waals surface area contributed by atoms with Crippen LogP contribution in [-0.2, 0) is 6.54 Å². The lowest BCUT2D eigenvalue weighted by atomic mass is 10.1. The van der Waals surface area contributed by atoms with Gasteiger partial charge < -0.3 is 0 Å². The van der Waals surface area contributed by atoms with Crippen LogP contribution >= 0.6 is 0 Å². The van der Waals surface area contributed by atoms with E-state index in [4.69, 9.17) is 0 Å². The van der Waals surface area contributed by atoms with Crippen LogP contribution in [0.1, 0.15) is 35.5 Å². The average Bonchev–Trinajstić information content (AvgIpc) is 2.72. The number of nitrogens with zero attached hydrogens (tertiary/aromatic N) is 4. The number of hydrogen-bond acceptors (Lipinski definition) is 6. The Kier molecular flexibility index (Phi) is 5.49. The second-order valence-electron chi connectivity index (χ2n) is 6.41. The van der Waals surface area contributed by atoms with E-state index in [-0.39, 0.29) is 16.9 Å². The Morgan fingerprint density at radius 1 is 1.24 bits per heavy atom. The molecule has 1 amide bonds. The standard InChI is InChI=1S/C20H19N5O4/c1-4-24-20(27)16-8-6-5-7-15(16)18(23-24)19(26)22-21-13(3)14-10-9-12(2)17(11-14)25(28)29/h5-11H,4H2,1-3H3,(H,22,26)/b21-13-. The Hall–Kier alpha value is -3.88. The number of fused-ring (bicyclic) bond motifs is 1. The molecule has 148 valence electrons. The van der Waals surface area contributed by atoms with Crippen LogP contribution in [0.2, 0.25) is 0 Å². The number of nitro benzene ring substituents is 1. The fraction of sp³-hybridized carbons (Fsp3) is 0.200. The van der Waals surface area contributed by atoms with Crippen LogP contribution in [0.25, 0.3) is 10.8 Å². The zero-order chi connectivity index (χ0) is 21.1. The van der Waals surface area contributed by atoms with E-state index in [1.54, 1.807) is 57.2 Å². The zero-order valence-corrected chi connectivity index (χ0v) is 16.2. The normalized spacial score (nSPS) is 11.5.